The van der Waals surface area contributed by atoms with Crippen LogP contribution in [0.1, 0.15) is 22.6 Å². The van der Waals surface area contributed by atoms with Gasteiger partial charge in [-0.2, -0.15) is 0 Å². The second-order valence-electron chi connectivity index (χ2n) is 8.74. The third-order valence-corrected chi connectivity index (χ3v) is 6.38. The van der Waals surface area contributed by atoms with Gasteiger partial charge < -0.3 is 24.6 Å². The summed E-state index contributed by atoms with van der Waals surface area (Å²) in [6.07, 6.45) is 1.12. The molecule has 3 heterocycles. The van der Waals surface area contributed by atoms with Gasteiger partial charge in [0, 0.05) is 44.1 Å². The Morgan fingerprint density at radius 2 is 1.86 bits per heavy atom. The number of rotatable bonds is 5. The van der Waals surface area contributed by atoms with Crippen LogP contribution >= 0.6 is 0 Å². The number of morpholine rings is 1. The third-order valence-electron chi connectivity index (χ3n) is 6.38. The maximum Gasteiger partial charge on any atom is 0.322 e. The van der Waals surface area contributed by atoms with Gasteiger partial charge in [-0.1, -0.05) is 12.1 Å². The molecule has 1 N–H and O–H groups in total. The first-order valence-corrected chi connectivity index (χ1v) is 11.9. The summed E-state index contributed by atoms with van der Waals surface area (Å²) in [6.45, 7) is 3.29. The minimum Gasteiger partial charge on any atom is -0.497 e. The van der Waals surface area contributed by atoms with Gasteiger partial charge in [0.1, 0.15) is 29.0 Å². The quantitative estimate of drug-likeness (QED) is 0.581. The fourth-order valence-electron chi connectivity index (χ4n) is 4.45. The fraction of sp³-hybridized carbons (Fsp3) is 0.346. The number of hydrogen-bond acceptors (Lipinski definition) is 6. The summed E-state index contributed by atoms with van der Waals surface area (Å²) in [7, 11) is 1.63. The molecule has 2 amide bonds. The van der Waals surface area contributed by atoms with Gasteiger partial charge in [-0.25, -0.2) is 23.5 Å². The van der Waals surface area contributed by atoms with E-state index < -0.39 is 17.7 Å². The number of fused-ring (bicyclic) bond motifs is 1. The second-order valence-corrected chi connectivity index (χ2v) is 8.74. The number of carbonyl (C=O) groups excluding carboxylic acids is 1. The average Bonchev–Trinajstić information content (AvgIpc) is 2.90. The van der Waals surface area contributed by atoms with Crippen LogP contribution < -0.4 is 15.0 Å². The van der Waals surface area contributed by atoms with E-state index in [1.54, 1.807) is 12.0 Å². The minimum atomic E-state index is -0.818. The molecule has 188 valence electrons. The van der Waals surface area contributed by atoms with Crippen LogP contribution in [0.3, 0.4) is 0 Å². The van der Waals surface area contributed by atoms with Crippen LogP contribution in [-0.2, 0) is 24.1 Å². The molecule has 0 radical (unpaired) electrons. The summed E-state index contributed by atoms with van der Waals surface area (Å²) in [5, 5.41) is 2.55. The van der Waals surface area contributed by atoms with Crippen molar-refractivity contribution in [3.05, 3.63) is 76.7 Å². The highest BCUT2D eigenvalue weighted by molar-refractivity contribution is 5.89. The highest BCUT2D eigenvalue weighted by Crippen LogP contribution is 2.29. The van der Waals surface area contributed by atoms with Gasteiger partial charge in [0.05, 0.1) is 38.2 Å². The van der Waals surface area contributed by atoms with Crippen molar-refractivity contribution >= 4 is 17.5 Å². The molecule has 2 aliphatic heterocycles. The summed E-state index contributed by atoms with van der Waals surface area (Å²) < 4.78 is 38.1. The lowest BCUT2D eigenvalue weighted by Crippen LogP contribution is -2.42. The number of amides is 2. The average molecular weight is 496 g/mol. The van der Waals surface area contributed by atoms with Crippen LogP contribution in [-0.4, -0.2) is 60.9 Å². The maximum absolute atomic E-state index is 14.1. The van der Waals surface area contributed by atoms with E-state index in [0.29, 0.717) is 58.1 Å². The van der Waals surface area contributed by atoms with E-state index in [0.717, 1.165) is 40.5 Å². The van der Waals surface area contributed by atoms with Crippen LogP contribution in [0.4, 0.5) is 25.1 Å². The summed E-state index contributed by atoms with van der Waals surface area (Å²) in [4.78, 5) is 26.5. The van der Waals surface area contributed by atoms with Gasteiger partial charge in [0.15, 0.2) is 0 Å². The topological polar surface area (TPSA) is 79.8 Å². The number of benzene rings is 2. The summed E-state index contributed by atoms with van der Waals surface area (Å²) in [5.74, 6) is 0.790. The van der Waals surface area contributed by atoms with Crippen molar-refractivity contribution in [3.63, 3.8) is 0 Å². The molecule has 0 bridgehead atoms. The molecule has 5 rings (SSSR count). The molecule has 0 atom stereocenters. The van der Waals surface area contributed by atoms with Gasteiger partial charge in [-0.15, -0.1) is 0 Å². The number of anilines is 2. The Kier molecular flexibility index (Phi) is 6.95. The predicted molar refractivity (Wildman–Crippen MR) is 130 cm³/mol. The zero-order valence-electron chi connectivity index (χ0n) is 20.0. The van der Waals surface area contributed by atoms with E-state index >= 15 is 0 Å². The number of hydrogen-bond donors (Lipinski definition) is 1. The van der Waals surface area contributed by atoms with Crippen molar-refractivity contribution in [3.8, 4) is 5.75 Å². The zero-order chi connectivity index (χ0) is 25.1. The largest absolute Gasteiger partial charge is 0.497 e. The van der Waals surface area contributed by atoms with Crippen molar-refractivity contribution in [2.75, 3.05) is 50.2 Å². The number of aromatic nitrogens is 2. The van der Waals surface area contributed by atoms with Crippen molar-refractivity contribution in [2.24, 2.45) is 0 Å². The van der Waals surface area contributed by atoms with Gasteiger partial charge in [0.25, 0.3) is 0 Å². The SMILES string of the molecule is COc1ccc(Cc2nc3c(c(N4CCOCC4)n2)CN(C(=O)Nc2ccc(F)cc2F)CC3)cc1. The minimum absolute atomic E-state index is 0.0633. The zero-order valence-corrected chi connectivity index (χ0v) is 20.0. The lowest BCUT2D eigenvalue weighted by atomic mass is 10.0. The van der Waals surface area contributed by atoms with Gasteiger partial charge in [-0.3, -0.25) is 0 Å². The molecule has 1 saturated heterocycles. The first-order chi connectivity index (χ1) is 17.5. The number of nitrogens with zero attached hydrogens (tertiary/aromatic N) is 4. The Morgan fingerprint density at radius 1 is 1.08 bits per heavy atom. The van der Waals surface area contributed by atoms with Crippen LogP contribution in [0.25, 0.3) is 0 Å². The van der Waals surface area contributed by atoms with E-state index in [4.69, 9.17) is 19.4 Å². The van der Waals surface area contributed by atoms with E-state index in [1.165, 1.54) is 6.07 Å². The molecule has 0 unspecified atom stereocenters. The summed E-state index contributed by atoms with van der Waals surface area (Å²) in [5.41, 5.74) is 2.80. The van der Waals surface area contributed by atoms with Crippen molar-refractivity contribution in [1.82, 2.24) is 14.9 Å². The highest BCUT2D eigenvalue weighted by atomic mass is 19.1. The normalized spacial score (nSPS) is 15.4. The molecule has 1 aromatic heterocycles. The molecule has 0 saturated carbocycles. The number of nitrogens with one attached hydrogen (secondary N) is 1. The summed E-state index contributed by atoms with van der Waals surface area (Å²) >= 11 is 0. The van der Waals surface area contributed by atoms with E-state index in [9.17, 15) is 13.6 Å². The van der Waals surface area contributed by atoms with Gasteiger partial charge >= 0.3 is 6.03 Å². The summed E-state index contributed by atoms with van der Waals surface area (Å²) in [6, 6.07) is 10.4. The van der Waals surface area contributed by atoms with E-state index in [1.807, 2.05) is 24.3 Å². The number of halogens is 2. The third kappa shape index (κ3) is 5.23. The van der Waals surface area contributed by atoms with E-state index in [-0.39, 0.29) is 5.69 Å². The van der Waals surface area contributed by atoms with E-state index in [2.05, 4.69) is 10.2 Å². The fourth-order valence-corrected chi connectivity index (χ4v) is 4.45. The first-order valence-electron chi connectivity index (χ1n) is 11.9. The molecule has 36 heavy (non-hydrogen) atoms. The van der Waals surface area contributed by atoms with Gasteiger partial charge in [-0.05, 0) is 29.8 Å². The molecule has 2 aliphatic rings. The van der Waals surface area contributed by atoms with Crippen molar-refractivity contribution in [2.45, 2.75) is 19.4 Å². The standard InChI is InChI=1S/C26H27F2N5O3/c1-35-19-5-2-17(3-6-19)14-24-29-22-8-9-33(26(34)30-23-7-4-18(27)15-21(23)28)16-20(22)25(31-24)32-10-12-36-13-11-32/h2-7,15H,8-14,16H2,1H3,(H,30,34). The van der Waals surface area contributed by atoms with Gasteiger partial charge in [0.2, 0.25) is 0 Å². The lowest BCUT2D eigenvalue weighted by Gasteiger charge is -2.34. The van der Waals surface area contributed by atoms with Crippen molar-refractivity contribution in [1.29, 1.82) is 0 Å². The Balaban J connectivity index is 1.40. The smallest absolute Gasteiger partial charge is 0.322 e. The molecule has 1 fully saturated rings. The number of methoxy groups -OCH3 is 1. The lowest BCUT2D eigenvalue weighted by molar-refractivity contribution is 0.122. The predicted octanol–water partition coefficient (Wildman–Crippen LogP) is 3.78. The van der Waals surface area contributed by atoms with Crippen LogP contribution in [0.15, 0.2) is 42.5 Å². The molecule has 2 aromatic carbocycles. The van der Waals surface area contributed by atoms with Crippen LogP contribution in [0.5, 0.6) is 5.75 Å². The molecular weight excluding hydrogens is 468 g/mol. The second kappa shape index (κ2) is 10.4. The van der Waals surface area contributed by atoms with Crippen molar-refractivity contribution < 1.29 is 23.0 Å². The molecule has 0 aliphatic carbocycles. The Morgan fingerprint density at radius 3 is 2.58 bits per heavy atom. The molecule has 10 heteroatoms. The number of carbonyl (C=O) groups is 1. The maximum atomic E-state index is 14.1. The van der Waals surface area contributed by atoms with Crippen LogP contribution in [0.2, 0.25) is 0 Å². The van der Waals surface area contributed by atoms with Crippen LogP contribution in [0, 0.1) is 11.6 Å². The number of ether oxygens (including phenoxy) is 2. The molecule has 8 nitrogen and oxygen atoms in total. The highest BCUT2D eigenvalue weighted by Gasteiger charge is 2.28. The molecular formula is C26H27F2N5O3. The molecule has 0 spiro atoms. The number of urea groups is 1. The Bertz CT molecular complexity index is 1250. The first kappa shape index (κ1) is 23.9. The monoisotopic (exact) mass is 495 g/mol. The Labute approximate surface area is 207 Å². The Hall–Kier alpha value is -3.79. The molecule has 3 aromatic rings.